The van der Waals surface area contributed by atoms with Gasteiger partial charge in [-0.15, -0.1) is 10.2 Å². The SMILES string of the molecule is C[C@H](Sc1nnc(Cc2ccccc2)o1)C(=O)Nc1ccc(C#N)c(Cl)c1. The van der Waals surface area contributed by atoms with Gasteiger partial charge in [-0.2, -0.15) is 5.26 Å². The predicted molar refractivity (Wildman–Crippen MR) is 104 cm³/mol. The fourth-order valence-electron chi connectivity index (χ4n) is 2.26. The molecule has 1 amide bonds. The second-order valence-electron chi connectivity index (χ2n) is 5.68. The number of amides is 1. The zero-order chi connectivity index (χ0) is 19.2. The fraction of sp³-hybridized carbons (Fsp3) is 0.158. The molecule has 136 valence electrons. The van der Waals surface area contributed by atoms with Gasteiger partial charge >= 0.3 is 0 Å². The van der Waals surface area contributed by atoms with Crippen LogP contribution in [0.5, 0.6) is 0 Å². The van der Waals surface area contributed by atoms with Crippen molar-refractivity contribution in [1.29, 1.82) is 5.26 Å². The van der Waals surface area contributed by atoms with E-state index in [1.54, 1.807) is 25.1 Å². The largest absolute Gasteiger partial charge is 0.416 e. The van der Waals surface area contributed by atoms with Gasteiger partial charge in [0.1, 0.15) is 6.07 Å². The Kier molecular flexibility index (Phi) is 6.12. The highest BCUT2D eigenvalue weighted by Gasteiger charge is 2.19. The van der Waals surface area contributed by atoms with Crippen LogP contribution in [0.2, 0.25) is 5.02 Å². The lowest BCUT2D eigenvalue weighted by molar-refractivity contribution is -0.115. The Hall–Kier alpha value is -2.82. The number of nitriles is 1. The lowest BCUT2D eigenvalue weighted by Gasteiger charge is -2.10. The molecule has 2 aromatic carbocycles. The van der Waals surface area contributed by atoms with Crippen molar-refractivity contribution in [3.8, 4) is 6.07 Å². The van der Waals surface area contributed by atoms with E-state index in [0.717, 1.165) is 5.56 Å². The minimum Gasteiger partial charge on any atom is -0.416 e. The van der Waals surface area contributed by atoms with Crippen LogP contribution in [0, 0.1) is 11.3 Å². The number of nitrogens with one attached hydrogen (secondary N) is 1. The van der Waals surface area contributed by atoms with Gasteiger partial charge in [0.25, 0.3) is 5.22 Å². The van der Waals surface area contributed by atoms with Crippen LogP contribution in [-0.2, 0) is 11.2 Å². The lowest BCUT2D eigenvalue weighted by Crippen LogP contribution is -2.22. The minimum atomic E-state index is -0.454. The molecule has 1 N–H and O–H groups in total. The molecule has 0 fully saturated rings. The van der Waals surface area contributed by atoms with Crippen LogP contribution in [0.3, 0.4) is 0 Å². The maximum absolute atomic E-state index is 12.4. The molecule has 1 aromatic heterocycles. The number of nitrogens with zero attached hydrogens (tertiary/aromatic N) is 3. The number of anilines is 1. The summed E-state index contributed by atoms with van der Waals surface area (Å²) in [6.45, 7) is 1.74. The summed E-state index contributed by atoms with van der Waals surface area (Å²) >= 11 is 7.16. The zero-order valence-corrected chi connectivity index (χ0v) is 15.9. The number of hydrogen-bond donors (Lipinski definition) is 1. The molecular weight excluding hydrogens is 384 g/mol. The summed E-state index contributed by atoms with van der Waals surface area (Å²) < 4.78 is 5.61. The van der Waals surface area contributed by atoms with Crippen LogP contribution in [0.1, 0.15) is 23.9 Å². The van der Waals surface area contributed by atoms with E-state index in [-0.39, 0.29) is 10.9 Å². The van der Waals surface area contributed by atoms with E-state index in [1.807, 2.05) is 36.4 Å². The van der Waals surface area contributed by atoms with Gasteiger partial charge in [0.05, 0.1) is 22.3 Å². The van der Waals surface area contributed by atoms with Crippen molar-refractivity contribution in [2.24, 2.45) is 0 Å². The Bertz CT molecular complexity index is 985. The van der Waals surface area contributed by atoms with Crippen LogP contribution >= 0.6 is 23.4 Å². The number of carbonyl (C=O) groups excluding carboxylic acids is 1. The average Bonchev–Trinajstić information content (AvgIpc) is 3.09. The molecule has 0 spiro atoms. The fourth-order valence-corrected chi connectivity index (χ4v) is 3.18. The topological polar surface area (TPSA) is 91.8 Å². The first-order chi connectivity index (χ1) is 13.0. The molecule has 0 aliphatic rings. The van der Waals surface area contributed by atoms with E-state index in [9.17, 15) is 4.79 Å². The lowest BCUT2D eigenvalue weighted by atomic mass is 10.2. The molecule has 0 saturated heterocycles. The molecule has 0 radical (unpaired) electrons. The molecule has 1 atom stereocenters. The summed E-state index contributed by atoms with van der Waals surface area (Å²) in [6, 6.07) is 16.5. The van der Waals surface area contributed by atoms with Crippen molar-refractivity contribution < 1.29 is 9.21 Å². The number of halogens is 1. The molecule has 8 heteroatoms. The van der Waals surface area contributed by atoms with Gasteiger partial charge in [0.15, 0.2) is 0 Å². The first kappa shape index (κ1) is 19.0. The highest BCUT2D eigenvalue weighted by molar-refractivity contribution is 8.00. The van der Waals surface area contributed by atoms with Crippen LogP contribution < -0.4 is 5.32 Å². The summed E-state index contributed by atoms with van der Waals surface area (Å²) in [5.41, 5.74) is 1.95. The monoisotopic (exact) mass is 398 g/mol. The van der Waals surface area contributed by atoms with Crippen molar-refractivity contribution in [1.82, 2.24) is 10.2 Å². The summed E-state index contributed by atoms with van der Waals surface area (Å²) in [5.74, 6) is 0.263. The van der Waals surface area contributed by atoms with Crippen molar-refractivity contribution in [3.05, 3.63) is 70.6 Å². The quantitative estimate of drug-likeness (QED) is 0.622. The van der Waals surface area contributed by atoms with Crippen molar-refractivity contribution >= 4 is 35.0 Å². The van der Waals surface area contributed by atoms with Gasteiger partial charge in [0, 0.05) is 5.69 Å². The Balaban J connectivity index is 1.58. The van der Waals surface area contributed by atoms with Gasteiger partial charge in [-0.1, -0.05) is 53.7 Å². The average molecular weight is 399 g/mol. The third-order valence-electron chi connectivity index (χ3n) is 3.65. The van der Waals surface area contributed by atoms with Crippen LogP contribution in [-0.4, -0.2) is 21.4 Å². The smallest absolute Gasteiger partial charge is 0.277 e. The molecule has 0 bridgehead atoms. The number of rotatable bonds is 6. The standard InChI is InChI=1S/C19H15ClN4O2S/c1-12(18(25)22-15-8-7-14(11-21)16(20)10-15)27-19-24-23-17(26-19)9-13-5-3-2-4-6-13/h2-8,10,12H,9H2,1H3,(H,22,25)/t12-/m0/s1. The van der Waals surface area contributed by atoms with Crippen molar-refractivity contribution in [2.45, 2.75) is 23.8 Å². The maximum Gasteiger partial charge on any atom is 0.277 e. The molecule has 27 heavy (non-hydrogen) atoms. The van der Waals surface area contributed by atoms with E-state index in [0.29, 0.717) is 28.8 Å². The number of aromatic nitrogens is 2. The molecule has 0 aliphatic carbocycles. The highest BCUT2D eigenvalue weighted by Crippen LogP contribution is 2.25. The van der Waals surface area contributed by atoms with Crippen molar-refractivity contribution in [3.63, 3.8) is 0 Å². The van der Waals surface area contributed by atoms with Crippen LogP contribution in [0.25, 0.3) is 0 Å². The Labute approximate surface area is 165 Å². The minimum absolute atomic E-state index is 0.233. The summed E-state index contributed by atoms with van der Waals surface area (Å²) in [5, 5.41) is 19.8. The third kappa shape index (κ3) is 5.09. The van der Waals surface area contributed by atoms with Gasteiger partial charge < -0.3 is 9.73 Å². The molecule has 3 rings (SSSR count). The van der Waals surface area contributed by atoms with Crippen LogP contribution in [0.15, 0.2) is 58.2 Å². The predicted octanol–water partition coefficient (Wildman–Crippen LogP) is 4.30. The number of thioether (sulfide) groups is 1. The van der Waals surface area contributed by atoms with Gasteiger partial charge in [0.2, 0.25) is 11.8 Å². The molecule has 0 aliphatic heterocycles. The van der Waals surface area contributed by atoms with E-state index in [1.165, 1.54) is 11.8 Å². The second kappa shape index (κ2) is 8.71. The van der Waals surface area contributed by atoms with E-state index in [4.69, 9.17) is 21.3 Å². The number of carbonyl (C=O) groups is 1. The number of benzene rings is 2. The molecule has 3 aromatic rings. The highest BCUT2D eigenvalue weighted by atomic mass is 35.5. The molecule has 1 heterocycles. The number of hydrogen-bond acceptors (Lipinski definition) is 6. The molecule has 0 saturated carbocycles. The van der Waals surface area contributed by atoms with E-state index >= 15 is 0 Å². The van der Waals surface area contributed by atoms with E-state index < -0.39 is 5.25 Å². The second-order valence-corrected chi connectivity index (χ2v) is 7.38. The van der Waals surface area contributed by atoms with Crippen molar-refractivity contribution in [2.75, 3.05) is 5.32 Å². The molecule has 6 nitrogen and oxygen atoms in total. The summed E-state index contributed by atoms with van der Waals surface area (Å²) in [7, 11) is 0. The van der Waals surface area contributed by atoms with Gasteiger partial charge in [-0.25, -0.2) is 0 Å². The Morgan fingerprint density at radius 3 is 2.78 bits per heavy atom. The normalized spacial score (nSPS) is 11.6. The molecular formula is C19H15ClN4O2S. The summed E-state index contributed by atoms with van der Waals surface area (Å²) in [6.07, 6.45) is 0.540. The van der Waals surface area contributed by atoms with Crippen LogP contribution in [0.4, 0.5) is 5.69 Å². The first-order valence-electron chi connectivity index (χ1n) is 8.08. The maximum atomic E-state index is 12.4. The van der Waals surface area contributed by atoms with E-state index in [2.05, 4.69) is 15.5 Å². The third-order valence-corrected chi connectivity index (χ3v) is 4.90. The Morgan fingerprint density at radius 2 is 2.07 bits per heavy atom. The summed E-state index contributed by atoms with van der Waals surface area (Å²) in [4.78, 5) is 12.4. The first-order valence-corrected chi connectivity index (χ1v) is 9.34. The van der Waals surface area contributed by atoms with Gasteiger partial charge in [-0.05, 0) is 30.7 Å². The van der Waals surface area contributed by atoms with Gasteiger partial charge in [-0.3, -0.25) is 4.79 Å². The Morgan fingerprint density at radius 1 is 1.30 bits per heavy atom. The molecule has 0 unspecified atom stereocenters. The zero-order valence-electron chi connectivity index (χ0n) is 14.3.